The topological polar surface area (TPSA) is 84.7 Å². The van der Waals surface area contributed by atoms with E-state index < -0.39 is 10.8 Å². The largest absolute Gasteiger partial charge is 0.383 e. The molecule has 0 aliphatic rings. The van der Waals surface area contributed by atoms with E-state index >= 15 is 0 Å². The lowest BCUT2D eigenvalue weighted by molar-refractivity contribution is -0.384. The van der Waals surface area contributed by atoms with E-state index in [1.54, 1.807) is 26.2 Å². The average molecular weight is 281 g/mol. The number of para-hydroxylation sites is 1. The third-order valence-corrected chi connectivity index (χ3v) is 2.84. The maximum absolute atomic E-state index is 12.3. The molecule has 0 radical (unpaired) electrons. The van der Waals surface area contributed by atoms with Crippen molar-refractivity contribution in [3.8, 4) is 0 Å². The molecule has 0 unspecified atom stereocenters. The Balaban J connectivity index is 3.00. The zero-order valence-electron chi connectivity index (χ0n) is 11.9. The fraction of sp³-hybridized carbons (Fsp3) is 0.462. The average Bonchev–Trinajstić information content (AvgIpc) is 2.45. The predicted molar refractivity (Wildman–Crippen MR) is 76.1 cm³/mol. The second kappa shape index (κ2) is 7.44. The van der Waals surface area contributed by atoms with E-state index in [1.165, 1.54) is 11.0 Å². The van der Waals surface area contributed by atoms with Crippen molar-refractivity contribution in [3.63, 3.8) is 0 Å². The summed E-state index contributed by atoms with van der Waals surface area (Å²) in [6.45, 7) is 3.21. The SMILES string of the molecule is CCOCCN(C)C(=O)c1cccc(NC)c1[N+](=O)[O-]. The van der Waals surface area contributed by atoms with Crippen LogP contribution in [0.3, 0.4) is 0 Å². The van der Waals surface area contributed by atoms with Crippen LogP contribution in [-0.4, -0.2) is 49.6 Å². The second-order valence-electron chi connectivity index (χ2n) is 4.13. The lowest BCUT2D eigenvalue weighted by Gasteiger charge is -2.17. The summed E-state index contributed by atoms with van der Waals surface area (Å²) in [6.07, 6.45) is 0. The maximum atomic E-state index is 12.3. The highest BCUT2D eigenvalue weighted by molar-refractivity contribution is 6.00. The summed E-state index contributed by atoms with van der Waals surface area (Å²) < 4.78 is 5.17. The van der Waals surface area contributed by atoms with E-state index in [9.17, 15) is 14.9 Å². The summed E-state index contributed by atoms with van der Waals surface area (Å²) >= 11 is 0. The summed E-state index contributed by atoms with van der Waals surface area (Å²) in [5.41, 5.74) is 0.183. The van der Waals surface area contributed by atoms with E-state index in [1.807, 2.05) is 6.92 Å². The van der Waals surface area contributed by atoms with Crippen LogP contribution in [0.2, 0.25) is 0 Å². The molecule has 1 amide bonds. The number of nitrogens with zero attached hydrogens (tertiary/aromatic N) is 2. The van der Waals surface area contributed by atoms with Gasteiger partial charge in [0.15, 0.2) is 0 Å². The number of carbonyl (C=O) groups is 1. The Hall–Kier alpha value is -2.15. The molecule has 7 heteroatoms. The first-order valence-corrected chi connectivity index (χ1v) is 6.31. The Bertz CT molecular complexity index is 491. The fourth-order valence-electron chi connectivity index (χ4n) is 1.77. The number of hydrogen-bond acceptors (Lipinski definition) is 5. The van der Waals surface area contributed by atoms with Crippen molar-refractivity contribution in [2.75, 3.05) is 39.2 Å². The third-order valence-electron chi connectivity index (χ3n) is 2.84. The van der Waals surface area contributed by atoms with E-state index in [0.29, 0.717) is 25.4 Å². The van der Waals surface area contributed by atoms with Crippen LogP contribution in [0.15, 0.2) is 18.2 Å². The summed E-state index contributed by atoms with van der Waals surface area (Å²) in [5.74, 6) is -0.395. The number of amides is 1. The molecule has 1 aromatic rings. The molecule has 0 saturated heterocycles. The first-order chi connectivity index (χ1) is 9.52. The lowest BCUT2D eigenvalue weighted by atomic mass is 10.1. The molecule has 0 aliphatic carbocycles. The number of nitro benzene ring substituents is 1. The molecule has 20 heavy (non-hydrogen) atoms. The van der Waals surface area contributed by atoms with Gasteiger partial charge in [-0.25, -0.2) is 0 Å². The fourth-order valence-corrected chi connectivity index (χ4v) is 1.77. The van der Waals surface area contributed by atoms with Gasteiger partial charge in [0.1, 0.15) is 11.3 Å². The van der Waals surface area contributed by atoms with Gasteiger partial charge in [0, 0.05) is 27.2 Å². The standard InChI is InChI=1S/C13H19N3O4/c1-4-20-9-8-15(3)13(17)10-6-5-7-11(14-2)12(10)16(18)19/h5-7,14H,4,8-9H2,1-3H3. The Labute approximate surface area is 117 Å². The lowest BCUT2D eigenvalue weighted by Crippen LogP contribution is -2.30. The Morgan fingerprint density at radius 1 is 1.50 bits per heavy atom. The summed E-state index contributed by atoms with van der Waals surface area (Å²) in [4.78, 5) is 24.3. The van der Waals surface area contributed by atoms with Crippen molar-refractivity contribution >= 4 is 17.3 Å². The summed E-state index contributed by atoms with van der Waals surface area (Å²) in [7, 11) is 3.17. The molecule has 0 spiro atoms. The molecular weight excluding hydrogens is 262 g/mol. The monoisotopic (exact) mass is 281 g/mol. The summed E-state index contributed by atoms with van der Waals surface area (Å²) in [6, 6.07) is 4.63. The molecule has 0 atom stereocenters. The minimum Gasteiger partial charge on any atom is -0.383 e. The number of benzene rings is 1. The molecule has 0 fully saturated rings. The molecule has 0 aliphatic heterocycles. The molecule has 0 saturated carbocycles. The van der Waals surface area contributed by atoms with Crippen LogP contribution in [0, 0.1) is 10.1 Å². The number of likely N-dealkylation sites (N-methyl/N-ethyl adjacent to an activating group) is 1. The van der Waals surface area contributed by atoms with Gasteiger partial charge < -0.3 is 15.0 Å². The van der Waals surface area contributed by atoms with Gasteiger partial charge in [0.2, 0.25) is 0 Å². The van der Waals surface area contributed by atoms with Gasteiger partial charge in [-0.3, -0.25) is 14.9 Å². The van der Waals surface area contributed by atoms with Crippen molar-refractivity contribution in [1.82, 2.24) is 4.90 Å². The maximum Gasteiger partial charge on any atom is 0.305 e. The predicted octanol–water partition coefficient (Wildman–Crippen LogP) is 1.75. The highest BCUT2D eigenvalue weighted by Crippen LogP contribution is 2.28. The zero-order valence-corrected chi connectivity index (χ0v) is 11.9. The molecule has 0 aromatic heterocycles. The molecule has 0 heterocycles. The van der Waals surface area contributed by atoms with Crippen LogP contribution < -0.4 is 5.32 Å². The molecule has 0 bridgehead atoms. The van der Waals surface area contributed by atoms with Crippen molar-refractivity contribution in [3.05, 3.63) is 33.9 Å². The smallest absolute Gasteiger partial charge is 0.305 e. The first kappa shape index (κ1) is 15.9. The van der Waals surface area contributed by atoms with Gasteiger partial charge in [-0.2, -0.15) is 0 Å². The molecule has 1 rings (SSSR count). The van der Waals surface area contributed by atoms with Crippen molar-refractivity contribution in [2.24, 2.45) is 0 Å². The molecule has 1 N–H and O–H groups in total. The molecular formula is C13H19N3O4. The first-order valence-electron chi connectivity index (χ1n) is 6.31. The third kappa shape index (κ3) is 3.67. The molecule has 7 nitrogen and oxygen atoms in total. The van der Waals surface area contributed by atoms with E-state index in [-0.39, 0.29) is 11.3 Å². The Morgan fingerprint density at radius 2 is 2.20 bits per heavy atom. The van der Waals surface area contributed by atoms with Gasteiger partial charge >= 0.3 is 5.69 Å². The van der Waals surface area contributed by atoms with Gasteiger partial charge in [-0.05, 0) is 19.1 Å². The van der Waals surface area contributed by atoms with Crippen LogP contribution in [0.1, 0.15) is 17.3 Å². The number of hydrogen-bond donors (Lipinski definition) is 1. The van der Waals surface area contributed by atoms with Gasteiger partial charge in [0.05, 0.1) is 11.5 Å². The van der Waals surface area contributed by atoms with E-state index in [2.05, 4.69) is 5.32 Å². The highest BCUT2D eigenvalue weighted by atomic mass is 16.6. The number of carbonyl (C=O) groups excluding carboxylic acids is 1. The number of ether oxygens (including phenoxy) is 1. The van der Waals surface area contributed by atoms with E-state index in [0.717, 1.165) is 0 Å². The number of anilines is 1. The highest BCUT2D eigenvalue weighted by Gasteiger charge is 2.25. The Kier molecular flexibility index (Phi) is 5.92. The molecule has 1 aromatic carbocycles. The minimum atomic E-state index is -0.546. The quantitative estimate of drug-likeness (QED) is 0.467. The second-order valence-corrected chi connectivity index (χ2v) is 4.13. The number of nitrogens with one attached hydrogen (secondary N) is 1. The normalized spacial score (nSPS) is 10.2. The van der Waals surface area contributed by atoms with Crippen molar-refractivity contribution in [2.45, 2.75) is 6.92 Å². The van der Waals surface area contributed by atoms with Gasteiger partial charge in [0.25, 0.3) is 5.91 Å². The van der Waals surface area contributed by atoms with Crippen molar-refractivity contribution in [1.29, 1.82) is 0 Å². The van der Waals surface area contributed by atoms with Crippen LogP contribution >= 0.6 is 0 Å². The van der Waals surface area contributed by atoms with Crippen LogP contribution in [0.5, 0.6) is 0 Å². The van der Waals surface area contributed by atoms with Crippen LogP contribution in [0.25, 0.3) is 0 Å². The van der Waals surface area contributed by atoms with Crippen LogP contribution in [0.4, 0.5) is 11.4 Å². The number of rotatable bonds is 7. The van der Waals surface area contributed by atoms with Gasteiger partial charge in [-0.1, -0.05) is 6.07 Å². The van der Waals surface area contributed by atoms with Gasteiger partial charge in [-0.15, -0.1) is 0 Å². The van der Waals surface area contributed by atoms with E-state index in [4.69, 9.17) is 4.74 Å². The summed E-state index contributed by atoms with van der Waals surface area (Å²) in [5, 5.41) is 13.9. The molecule has 110 valence electrons. The van der Waals surface area contributed by atoms with Crippen LogP contribution in [-0.2, 0) is 4.74 Å². The van der Waals surface area contributed by atoms with Crippen molar-refractivity contribution < 1.29 is 14.5 Å². The minimum absolute atomic E-state index is 0.0702. The zero-order chi connectivity index (χ0) is 15.1. The Morgan fingerprint density at radius 3 is 2.75 bits per heavy atom. The number of nitro groups is 1.